The van der Waals surface area contributed by atoms with Gasteiger partial charge in [0, 0.05) is 16.9 Å². The number of nitrogens with one attached hydrogen (secondary N) is 1. The summed E-state index contributed by atoms with van der Waals surface area (Å²) in [6, 6.07) is 10.4. The van der Waals surface area contributed by atoms with E-state index < -0.39 is 0 Å². The van der Waals surface area contributed by atoms with Crippen molar-refractivity contribution < 1.29 is 5.11 Å². The van der Waals surface area contributed by atoms with Gasteiger partial charge in [-0.3, -0.25) is 0 Å². The molecule has 4 rings (SSSR count). The van der Waals surface area contributed by atoms with Gasteiger partial charge in [0.15, 0.2) is 0 Å². The maximum atomic E-state index is 9.58. The van der Waals surface area contributed by atoms with Gasteiger partial charge in [0.25, 0.3) is 0 Å². The number of nitrogens with zero attached hydrogens (tertiary/aromatic N) is 2. The lowest BCUT2D eigenvalue weighted by Gasteiger charge is -2.17. The molecule has 0 spiro atoms. The number of fused-ring (bicyclic) bond motifs is 1. The Morgan fingerprint density at radius 3 is 2.71 bits per heavy atom. The second kappa shape index (κ2) is 6.49. The molecule has 1 aromatic carbocycles. The Kier molecular flexibility index (Phi) is 4.21. The van der Waals surface area contributed by atoms with Crippen LogP contribution in [0.15, 0.2) is 35.7 Å². The number of aliphatic hydroxyl groups is 1. The first-order valence-corrected chi connectivity index (χ1v) is 9.40. The zero-order chi connectivity index (χ0) is 16.5. The van der Waals surface area contributed by atoms with Crippen LogP contribution in [0.1, 0.15) is 37.9 Å². The predicted octanol–water partition coefficient (Wildman–Crippen LogP) is 4.42. The van der Waals surface area contributed by atoms with Crippen LogP contribution in [0.25, 0.3) is 21.3 Å². The third-order valence-corrected chi connectivity index (χ3v) is 5.40. The Balaban J connectivity index is 1.86. The molecule has 5 heteroatoms. The van der Waals surface area contributed by atoms with Crippen molar-refractivity contribution in [2.24, 2.45) is 0 Å². The van der Waals surface area contributed by atoms with E-state index in [4.69, 9.17) is 9.97 Å². The lowest BCUT2D eigenvalue weighted by Crippen LogP contribution is -2.23. The molecule has 124 valence electrons. The smallest absolute Gasteiger partial charge is 0.139 e. The Morgan fingerprint density at radius 1 is 1.25 bits per heavy atom. The molecule has 0 amide bonds. The largest absolute Gasteiger partial charge is 0.394 e. The Morgan fingerprint density at radius 2 is 2.04 bits per heavy atom. The van der Waals surface area contributed by atoms with Crippen molar-refractivity contribution in [3.05, 3.63) is 41.5 Å². The standard InChI is InChI=1S/C19H21N3OS/c1-2-14(10-23)20-18-16-15(12-6-4-3-5-7-12)11-24-19(16)22-17(21-18)13-8-9-13/h3-7,11,13-14,23H,2,8-10H2,1H3,(H,20,21,22)/t14-/m1/s1. The molecule has 0 saturated heterocycles. The summed E-state index contributed by atoms with van der Waals surface area (Å²) in [7, 11) is 0. The molecule has 0 radical (unpaired) electrons. The summed E-state index contributed by atoms with van der Waals surface area (Å²) in [5.74, 6) is 2.31. The molecule has 1 atom stereocenters. The maximum Gasteiger partial charge on any atom is 0.139 e. The zero-order valence-electron chi connectivity index (χ0n) is 13.7. The fourth-order valence-electron chi connectivity index (χ4n) is 2.89. The SMILES string of the molecule is CC[C@H](CO)Nc1nc(C2CC2)nc2scc(-c3ccccc3)c12. The maximum absolute atomic E-state index is 9.58. The molecule has 0 bridgehead atoms. The van der Waals surface area contributed by atoms with Gasteiger partial charge in [-0.1, -0.05) is 37.3 Å². The minimum atomic E-state index is 0.0127. The van der Waals surface area contributed by atoms with Crippen LogP contribution in [0.2, 0.25) is 0 Å². The number of anilines is 1. The number of hydrogen-bond acceptors (Lipinski definition) is 5. The highest BCUT2D eigenvalue weighted by Crippen LogP contribution is 2.42. The zero-order valence-corrected chi connectivity index (χ0v) is 14.5. The highest BCUT2D eigenvalue weighted by Gasteiger charge is 2.28. The van der Waals surface area contributed by atoms with Gasteiger partial charge >= 0.3 is 0 Å². The van der Waals surface area contributed by atoms with E-state index in [1.54, 1.807) is 11.3 Å². The summed E-state index contributed by atoms with van der Waals surface area (Å²) in [5.41, 5.74) is 2.33. The van der Waals surface area contributed by atoms with E-state index in [0.29, 0.717) is 5.92 Å². The normalized spacial score (nSPS) is 15.6. The van der Waals surface area contributed by atoms with Crippen molar-refractivity contribution >= 4 is 27.4 Å². The molecule has 1 saturated carbocycles. The average molecular weight is 339 g/mol. The molecule has 24 heavy (non-hydrogen) atoms. The van der Waals surface area contributed by atoms with Crippen LogP contribution in [-0.2, 0) is 0 Å². The number of rotatable bonds is 6. The summed E-state index contributed by atoms with van der Waals surface area (Å²) in [5, 5.41) is 16.3. The highest BCUT2D eigenvalue weighted by atomic mass is 32.1. The molecule has 2 aromatic heterocycles. The average Bonchev–Trinajstić information content (AvgIpc) is 3.39. The lowest BCUT2D eigenvalue weighted by molar-refractivity contribution is 0.271. The number of thiophene rings is 1. The van der Waals surface area contributed by atoms with E-state index in [-0.39, 0.29) is 12.6 Å². The highest BCUT2D eigenvalue weighted by molar-refractivity contribution is 7.17. The number of aromatic nitrogens is 2. The third-order valence-electron chi connectivity index (χ3n) is 4.53. The van der Waals surface area contributed by atoms with Gasteiger partial charge in [-0.05, 0) is 24.8 Å². The van der Waals surface area contributed by atoms with Crippen LogP contribution in [0.5, 0.6) is 0 Å². The molecule has 1 aliphatic rings. The molecular weight excluding hydrogens is 318 g/mol. The predicted molar refractivity (Wildman–Crippen MR) is 99.6 cm³/mol. The quantitative estimate of drug-likeness (QED) is 0.698. The fraction of sp³-hybridized carbons (Fsp3) is 0.368. The second-order valence-corrected chi connectivity index (χ2v) is 7.19. The Labute approximate surface area is 145 Å². The van der Waals surface area contributed by atoms with Crippen LogP contribution < -0.4 is 5.32 Å². The topological polar surface area (TPSA) is 58.0 Å². The first kappa shape index (κ1) is 15.5. The number of aliphatic hydroxyl groups excluding tert-OH is 1. The molecule has 1 fully saturated rings. The van der Waals surface area contributed by atoms with Crippen molar-refractivity contribution in [1.29, 1.82) is 0 Å². The van der Waals surface area contributed by atoms with Crippen LogP contribution in [-0.4, -0.2) is 27.7 Å². The molecule has 2 heterocycles. The van der Waals surface area contributed by atoms with Gasteiger partial charge in [-0.25, -0.2) is 9.97 Å². The van der Waals surface area contributed by atoms with Crippen molar-refractivity contribution in [2.75, 3.05) is 11.9 Å². The van der Waals surface area contributed by atoms with E-state index in [9.17, 15) is 5.11 Å². The van der Waals surface area contributed by atoms with Crippen LogP contribution in [0.3, 0.4) is 0 Å². The van der Waals surface area contributed by atoms with Gasteiger partial charge in [0.1, 0.15) is 16.5 Å². The molecule has 2 N–H and O–H groups in total. The monoisotopic (exact) mass is 339 g/mol. The molecule has 0 aliphatic heterocycles. The second-order valence-electron chi connectivity index (χ2n) is 6.33. The van der Waals surface area contributed by atoms with E-state index in [1.807, 2.05) is 18.2 Å². The van der Waals surface area contributed by atoms with Crippen molar-refractivity contribution in [2.45, 2.75) is 38.1 Å². The van der Waals surface area contributed by atoms with E-state index in [1.165, 1.54) is 18.4 Å². The first-order valence-electron chi connectivity index (χ1n) is 8.52. The fourth-order valence-corrected chi connectivity index (χ4v) is 3.84. The molecule has 1 aliphatic carbocycles. The summed E-state index contributed by atoms with van der Waals surface area (Å²) < 4.78 is 0. The summed E-state index contributed by atoms with van der Waals surface area (Å²) in [4.78, 5) is 10.7. The molecule has 0 unspecified atom stereocenters. The summed E-state index contributed by atoms with van der Waals surface area (Å²) >= 11 is 1.67. The lowest BCUT2D eigenvalue weighted by atomic mass is 10.1. The van der Waals surface area contributed by atoms with E-state index in [2.05, 4.69) is 29.8 Å². The minimum absolute atomic E-state index is 0.0127. The van der Waals surface area contributed by atoms with Crippen molar-refractivity contribution in [1.82, 2.24) is 9.97 Å². The molecule has 4 nitrogen and oxygen atoms in total. The van der Waals surface area contributed by atoms with Crippen LogP contribution >= 0.6 is 11.3 Å². The van der Waals surface area contributed by atoms with Crippen molar-refractivity contribution in [3.8, 4) is 11.1 Å². The third kappa shape index (κ3) is 2.89. The summed E-state index contributed by atoms with van der Waals surface area (Å²) in [6.45, 7) is 2.17. The van der Waals surface area contributed by atoms with Crippen molar-refractivity contribution in [3.63, 3.8) is 0 Å². The Bertz CT molecular complexity index is 838. The Hall–Kier alpha value is -1.98. The number of benzene rings is 1. The van der Waals surface area contributed by atoms with Gasteiger partial charge in [-0.15, -0.1) is 11.3 Å². The van der Waals surface area contributed by atoms with Gasteiger partial charge in [0.2, 0.25) is 0 Å². The molecule has 3 aromatic rings. The van der Waals surface area contributed by atoms with Crippen LogP contribution in [0.4, 0.5) is 5.82 Å². The minimum Gasteiger partial charge on any atom is -0.394 e. The van der Waals surface area contributed by atoms with E-state index >= 15 is 0 Å². The van der Waals surface area contributed by atoms with Gasteiger partial charge in [0.05, 0.1) is 18.0 Å². The van der Waals surface area contributed by atoms with Gasteiger partial charge in [-0.2, -0.15) is 0 Å². The molecular formula is C19H21N3OS. The van der Waals surface area contributed by atoms with E-state index in [0.717, 1.165) is 33.8 Å². The first-order chi connectivity index (χ1) is 11.8. The van der Waals surface area contributed by atoms with Crippen LogP contribution in [0, 0.1) is 0 Å². The summed E-state index contributed by atoms with van der Waals surface area (Å²) in [6.07, 6.45) is 3.21. The number of hydrogen-bond donors (Lipinski definition) is 2. The van der Waals surface area contributed by atoms with Gasteiger partial charge < -0.3 is 10.4 Å².